The second-order valence-corrected chi connectivity index (χ2v) is 5.80. The highest BCUT2D eigenvalue weighted by atomic mass is 35.5. The monoisotopic (exact) mass is 255 g/mol. The van der Waals surface area contributed by atoms with Gasteiger partial charge in [-0.3, -0.25) is 0 Å². The van der Waals surface area contributed by atoms with Gasteiger partial charge in [-0.05, 0) is 29.4 Å². The number of rotatable bonds is 0. The summed E-state index contributed by atoms with van der Waals surface area (Å²) >= 11 is 8.27. The summed E-state index contributed by atoms with van der Waals surface area (Å²) in [6.07, 6.45) is 1.97. The number of benzene rings is 1. The molecule has 2 heterocycles. The summed E-state index contributed by atoms with van der Waals surface area (Å²) in [6.45, 7) is 0.780. The zero-order valence-corrected chi connectivity index (χ0v) is 10.5. The van der Waals surface area contributed by atoms with Crippen molar-refractivity contribution in [3.63, 3.8) is 0 Å². The third kappa shape index (κ3) is 1.62. The van der Waals surface area contributed by atoms with Crippen molar-refractivity contribution in [2.24, 2.45) is 5.73 Å². The van der Waals surface area contributed by atoms with Crippen LogP contribution in [0.4, 0.5) is 0 Å². The second kappa shape index (κ2) is 4.13. The van der Waals surface area contributed by atoms with Crippen molar-refractivity contribution in [3.8, 4) is 5.75 Å². The van der Waals surface area contributed by atoms with E-state index >= 15 is 0 Å². The first kappa shape index (κ1) is 10.8. The van der Waals surface area contributed by atoms with Crippen molar-refractivity contribution in [1.82, 2.24) is 0 Å². The molecule has 1 unspecified atom stereocenters. The smallest absolute Gasteiger partial charge is 0.127 e. The van der Waals surface area contributed by atoms with E-state index in [1.807, 2.05) is 17.8 Å². The summed E-state index contributed by atoms with van der Waals surface area (Å²) in [5.74, 6) is 3.14. The maximum Gasteiger partial charge on any atom is 0.127 e. The first-order valence-electron chi connectivity index (χ1n) is 5.57. The highest BCUT2D eigenvalue weighted by Gasteiger charge is 2.26. The quantitative estimate of drug-likeness (QED) is 0.774. The van der Waals surface area contributed by atoms with E-state index in [1.165, 1.54) is 11.1 Å². The summed E-state index contributed by atoms with van der Waals surface area (Å²) in [5, 5.41) is 0.828. The normalized spacial score (nSPS) is 23.2. The van der Waals surface area contributed by atoms with Gasteiger partial charge >= 0.3 is 0 Å². The molecule has 1 aromatic rings. The van der Waals surface area contributed by atoms with Gasteiger partial charge in [-0.25, -0.2) is 0 Å². The minimum Gasteiger partial charge on any atom is -0.493 e. The molecular weight excluding hydrogens is 242 g/mol. The van der Waals surface area contributed by atoms with Gasteiger partial charge in [-0.2, -0.15) is 11.8 Å². The zero-order chi connectivity index (χ0) is 11.1. The number of nitrogens with two attached hydrogens (primary N) is 1. The van der Waals surface area contributed by atoms with Crippen LogP contribution in [-0.2, 0) is 12.2 Å². The van der Waals surface area contributed by atoms with Gasteiger partial charge in [0.2, 0.25) is 0 Å². The van der Waals surface area contributed by atoms with Crippen molar-refractivity contribution in [2.75, 3.05) is 12.4 Å². The predicted octanol–water partition coefficient (Wildman–Crippen LogP) is 2.91. The Kier molecular flexibility index (Phi) is 2.78. The molecule has 2 aliphatic heterocycles. The van der Waals surface area contributed by atoms with Crippen LogP contribution < -0.4 is 10.5 Å². The maximum atomic E-state index is 6.35. The van der Waals surface area contributed by atoms with Crippen molar-refractivity contribution >= 4 is 23.4 Å². The molecule has 0 saturated heterocycles. The third-order valence-corrected chi connectivity index (χ3v) is 4.59. The van der Waals surface area contributed by atoms with E-state index in [2.05, 4.69) is 0 Å². The second-order valence-electron chi connectivity index (χ2n) is 4.29. The first-order chi connectivity index (χ1) is 7.77. The number of halogens is 1. The van der Waals surface area contributed by atoms with E-state index < -0.39 is 0 Å². The molecule has 0 amide bonds. The van der Waals surface area contributed by atoms with Crippen LogP contribution in [0.1, 0.15) is 29.2 Å². The molecule has 4 heteroatoms. The summed E-state index contributed by atoms with van der Waals surface area (Å²) in [6, 6.07) is 2.10. The Morgan fingerprint density at radius 3 is 3.25 bits per heavy atom. The lowest BCUT2D eigenvalue weighted by atomic mass is 9.96. The maximum absolute atomic E-state index is 6.35. The van der Waals surface area contributed by atoms with E-state index in [0.29, 0.717) is 0 Å². The topological polar surface area (TPSA) is 35.2 Å². The average Bonchev–Trinajstić information content (AvgIpc) is 2.62. The largest absolute Gasteiger partial charge is 0.493 e. The minimum absolute atomic E-state index is 0.0620. The van der Waals surface area contributed by atoms with Crippen molar-refractivity contribution in [2.45, 2.75) is 24.6 Å². The van der Waals surface area contributed by atoms with Gasteiger partial charge < -0.3 is 10.5 Å². The Labute approximate surface area is 104 Å². The minimum atomic E-state index is 0.0620. The molecule has 0 aromatic heterocycles. The molecule has 0 bridgehead atoms. The highest BCUT2D eigenvalue weighted by Crippen LogP contribution is 2.43. The van der Waals surface area contributed by atoms with Crippen LogP contribution >= 0.6 is 23.4 Å². The molecule has 3 rings (SSSR count). The molecule has 0 fully saturated rings. The third-order valence-electron chi connectivity index (χ3n) is 3.26. The molecule has 2 aliphatic rings. The van der Waals surface area contributed by atoms with Crippen molar-refractivity contribution in [3.05, 3.63) is 27.8 Å². The Bertz CT molecular complexity index is 436. The summed E-state index contributed by atoms with van der Waals surface area (Å²) in [7, 11) is 0. The van der Waals surface area contributed by atoms with Gasteiger partial charge in [0.25, 0.3) is 0 Å². The molecule has 0 radical (unpaired) electrons. The molecule has 0 spiro atoms. The highest BCUT2D eigenvalue weighted by molar-refractivity contribution is 7.98. The lowest BCUT2D eigenvalue weighted by molar-refractivity contribution is 0.354. The average molecular weight is 256 g/mol. The number of thioether (sulfide) groups is 1. The van der Waals surface area contributed by atoms with Crippen molar-refractivity contribution < 1.29 is 4.74 Å². The van der Waals surface area contributed by atoms with Gasteiger partial charge in [0.1, 0.15) is 5.75 Å². The van der Waals surface area contributed by atoms with Gasteiger partial charge in [0, 0.05) is 28.8 Å². The standard InChI is InChI=1S/C12H14ClNOS/c13-9-5-7-1-3-15-12(7)8-6-16-4-2-10(14)11(8)9/h5,10H,1-4,6,14H2. The Balaban J connectivity index is 2.21. The Morgan fingerprint density at radius 1 is 1.50 bits per heavy atom. The predicted molar refractivity (Wildman–Crippen MR) is 68.4 cm³/mol. The molecule has 86 valence electrons. The van der Waals surface area contributed by atoms with E-state index in [9.17, 15) is 0 Å². The molecular formula is C12H14ClNOS. The van der Waals surface area contributed by atoms with Crippen LogP contribution in [0.2, 0.25) is 5.02 Å². The molecule has 2 N–H and O–H groups in total. The molecule has 16 heavy (non-hydrogen) atoms. The van der Waals surface area contributed by atoms with Gasteiger partial charge in [0.05, 0.1) is 6.61 Å². The van der Waals surface area contributed by atoms with Crippen molar-refractivity contribution in [1.29, 1.82) is 0 Å². The van der Waals surface area contributed by atoms with E-state index in [0.717, 1.165) is 47.3 Å². The van der Waals surface area contributed by atoms with Crippen LogP contribution in [0, 0.1) is 0 Å². The fourth-order valence-corrected chi connectivity index (χ4v) is 3.90. The van der Waals surface area contributed by atoms with Gasteiger partial charge in [0.15, 0.2) is 0 Å². The van der Waals surface area contributed by atoms with Crippen LogP contribution in [0.3, 0.4) is 0 Å². The summed E-state index contributed by atoms with van der Waals surface area (Å²) in [4.78, 5) is 0. The Morgan fingerprint density at radius 2 is 2.38 bits per heavy atom. The molecule has 1 atom stereocenters. The number of hydrogen-bond acceptors (Lipinski definition) is 3. The molecule has 0 saturated carbocycles. The molecule has 2 nitrogen and oxygen atoms in total. The zero-order valence-electron chi connectivity index (χ0n) is 8.96. The fraction of sp³-hybridized carbons (Fsp3) is 0.500. The first-order valence-corrected chi connectivity index (χ1v) is 7.11. The van der Waals surface area contributed by atoms with Crippen LogP contribution in [0.25, 0.3) is 0 Å². The van der Waals surface area contributed by atoms with Crippen LogP contribution in [-0.4, -0.2) is 12.4 Å². The van der Waals surface area contributed by atoms with Crippen LogP contribution in [0.15, 0.2) is 6.07 Å². The van der Waals surface area contributed by atoms with Gasteiger partial charge in [-0.15, -0.1) is 0 Å². The molecule has 0 aliphatic carbocycles. The lowest BCUT2D eigenvalue weighted by Crippen LogP contribution is -2.12. The SMILES string of the molecule is NC1CCSCc2c3c(cc(Cl)c21)CCO3. The van der Waals surface area contributed by atoms with E-state index in [-0.39, 0.29) is 6.04 Å². The summed E-state index contributed by atoms with van der Waals surface area (Å²) < 4.78 is 5.73. The fourth-order valence-electron chi connectivity index (χ4n) is 2.46. The van der Waals surface area contributed by atoms with E-state index in [1.54, 1.807) is 0 Å². The van der Waals surface area contributed by atoms with E-state index in [4.69, 9.17) is 22.1 Å². The lowest BCUT2D eigenvalue weighted by Gasteiger charge is -2.17. The van der Waals surface area contributed by atoms with Gasteiger partial charge in [-0.1, -0.05) is 11.6 Å². The molecule has 1 aromatic carbocycles. The number of hydrogen-bond donors (Lipinski definition) is 1. The summed E-state index contributed by atoms with van der Waals surface area (Å²) in [5.41, 5.74) is 9.80. The van der Waals surface area contributed by atoms with Crippen LogP contribution in [0.5, 0.6) is 5.75 Å². The number of fused-ring (bicyclic) bond motifs is 3. The Hall–Kier alpha value is -0.380. The number of ether oxygens (including phenoxy) is 1.